The van der Waals surface area contributed by atoms with Crippen molar-refractivity contribution < 1.29 is 4.79 Å². The normalized spacial score (nSPS) is 28.1. The van der Waals surface area contributed by atoms with Gasteiger partial charge in [-0.05, 0) is 79.9 Å². The lowest BCUT2D eigenvalue weighted by atomic mass is 9.68. The minimum absolute atomic E-state index is 0.00365. The van der Waals surface area contributed by atoms with Crippen LogP contribution in [0.3, 0.4) is 0 Å². The summed E-state index contributed by atoms with van der Waals surface area (Å²) in [4.78, 5) is 11.2. The summed E-state index contributed by atoms with van der Waals surface area (Å²) in [6, 6.07) is 8.56. The van der Waals surface area contributed by atoms with E-state index in [1.807, 2.05) is 0 Å². The van der Waals surface area contributed by atoms with Crippen molar-refractivity contribution in [3.05, 3.63) is 29.8 Å². The third-order valence-electron chi connectivity index (χ3n) is 7.50. The summed E-state index contributed by atoms with van der Waals surface area (Å²) in [6.07, 6.45) is 18.7. The number of rotatable bonds is 8. The third kappa shape index (κ3) is 6.36. The lowest BCUT2D eigenvalue weighted by molar-refractivity contribution is -0.114. The Morgan fingerprint density at radius 3 is 2.04 bits per heavy atom. The Hall–Kier alpha value is -1.31. The number of unbranched alkanes of at least 4 members (excludes halogenated alkanes) is 3. The second-order valence-electron chi connectivity index (χ2n) is 9.55. The Morgan fingerprint density at radius 2 is 1.46 bits per heavy atom. The highest BCUT2D eigenvalue weighted by atomic mass is 16.1. The van der Waals surface area contributed by atoms with Crippen molar-refractivity contribution in [3.8, 4) is 0 Å². The van der Waals surface area contributed by atoms with Gasteiger partial charge < -0.3 is 5.32 Å². The predicted octanol–water partition coefficient (Wildman–Crippen LogP) is 7.70. The fourth-order valence-electron chi connectivity index (χ4n) is 5.77. The molecule has 2 aliphatic rings. The van der Waals surface area contributed by atoms with Gasteiger partial charge in [-0.15, -0.1) is 0 Å². The summed E-state index contributed by atoms with van der Waals surface area (Å²) in [5, 5.41) is 2.87. The van der Waals surface area contributed by atoms with Crippen LogP contribution in [-0.2, 0) is 4.79 Å². The average molecular weight is 384 g/mol. The number of anilines is 1. The fourth-order valence-corrected chi connectivity index (χ4v) is 5.77. The highest BCUT2D eigenvalue weighted by Gasteiger charge is 2.31. The van der Waals surface area contributed by atoms with Crippen LogP contribution in [0.25, 0.3) is 0 Å². The van der Waals surface area contributed by atoms with Crippen LogP contribution in [0.4, 0.5) is 5.69 Å². The maximum atomic E-state index is 11.2. The summed E-state index contributed by atoms with van der Waals surface area (Å²) in [5.74, 6) is 3.75. The number of hydrogen-bond acceptors (Lipinski definition) is 1. The van der Waals surface area contributed by atoms with Gasteiger partial charge in [0.2, 0.25) is 5.91 Å². The van der Waals surface area contributed by atoms with E-state index in [9.17, 15) is 4.79 Å². The number of carbonyl (C=O) groups is 1. The smallest absolute Gasteiger partial charge is 0.221 e. The fraction of sp³-hybridized carbons (Fsp3) is 0.731. The first kappa shape index (κ1) is 21.4. The summed E-state index contributed by atoms with van der Waals surface area (Å²) >= 11 is 0. The molecule has 2 saturated carbocycles. The molecule has 0 heterocycles. The zero-order valence-electron chi connectivity index (χ0n) is 18.2. The van der Waals surface area contributed by atoms with Gasteiger partial charge in [-0.3, -0.25) is 4.79 Å². The molecule has 28 heavy (non-hydrogen) atoms. The molecule has 2 fully saturated rings. The van der Waals surface area contributed by atoms with Gasteiger partial charge in [0.1, 0.15) is 0 Å². The molecule has 2 nitrogen and oxygen atoms in total. The number of hydrogen-bond donors (Lipinski definition) is 1. The van der Waals surface area contributed by atoms with Crippen LogP contribution >= 0.6 is 0 Å². The van der Waals surface area contributed by atoms with Crippen LogP contribution in [0.1, 0.15) is 109 Å². The van der Waals surface area contributed by atoms with E-state index in [0.29, 0.717) is 0 Å². The van der Waals surface area contributed by atoms with Gasteiger partial charge >= 0.3 is 0 Å². The van der Waals surface area contributed by atoms with E-state index in [2.05, 4.69) is 36.5 Å². The molecule has 0 atom stereocenters. The van der Waals surface area contributed by atoms with Crippen molar-refractivity contribution in [2.24, 2.45) is 17.8 Å². The van der Waals surface area contributed by atoms with Gasteiger partial charge in [-0.2, -0.15) is 0 Å². The molecule has 2 heteroatoms. The number of carbonyl (C=O) groups excluding carboxylic acids is 1. The lowest BCUT2D eigenvalue weighted by Gasteiger charge is -2.38. The molecule has 2 aliphatic carbocycles. The van der Waals surface area contributed by atoms with Crippen molar-refractivity contribution in [3.63, 3.8) is 0 Å². The van der Waals surface area contributed by atoms with Crippen LogP contribution in [0, 0.1) is 17.8 Å². The quantitative estimate of drug-likeness (QED) is 0.458. The van der Waals surface area contributed by atoms with Gasteiger partial charge in [0.25, 0.3) is 0 Å². The standard InChI is InChI=1S/C26H41NO/c1-3-4-5-6-7-21-8-10-22(11-9-21)23-12-14-24(15-13-23)25-16-18-26(19-17-25)27-20(2)28/h16-19,21-24H,3-15H2,1-2H3,(H,27,28). The molecule has 3 rings (SSSR count). The summed E-state index contributed by atoms with van der Waals surface area (Å²) in [5.41, 5.74) is 2.37. The zero-order valence-corrected chi connectivity index (χ0v) is 18.2. The lowest BCUT2D eigenvalue weighted by Crippen LogP contribution is -2.25. The van der Waals surface area contributed by atoms with E-state index in [0.717, 1.165) is 29.4 Å². The molecule has 0 bridgehead atoms. The van der Waals surface area contributed by atoms with Crippen LogP contribution < -0.4 is 5.32 Å². The van der Waals surface area contributed by atoms with E-state index < -0.39 is 0 Å². The Morgan fingerprint density at radius 1 is 0.857 bits per heavy atom. The van der Waals surface area contributed by atoms with Crippen molar-refractivity contribution in [2.45, 2.75) is 103 Å². The predicted molar refractivity (Wildman–Crippen MR) is 120 cm³/mol. The molecule has 0 unspecified atom stereocenters. The van der Waals surface area contributed by atoms with E-state index in [4.69, 9.17) is 0 Å². The molecule has 156 valence electrons. The molecule has 1 aromatic carbocycles. The minimum atomic E-state index is 0.00365. The Balaban J connectivity index is 1.38. The summed E-state index contributed by atoms with van der Waals surface area (Å²) in [7, 11) is 0. The number of nitrogens with one attached hydrogen (secondary N) is 1. The second kappa shape index (κ2) is 11.0. The zero-order chi connectivity index (χ0) is 19.8. The maximum absolute atomic E-state index is 11.2. The van der Waals surface area contributed by atoms with Crippen LogP contribution in [-0.4, -0.2) is 5.91 Å². The Bertz CT molecular complexity index is 577. The first-order valence-corrected chi connectivity index (χ1v) is 12.0. The molecule has 1 amide bonds. The van der Waals surface area contributed by atoms with Crippen LogP contribution in [0.15, 0.2) is 24.3 Å². The largest absolute Gasteiger partial charge is 0.326 e. The van der Waals surface area contributed by atoms with Crippen LogP contribution in [0.5, 0.6) is 0 Å². The highest BCUT2D eigenvalue weighted by Crippen LogP contribution is 2.44. The van der Waals surface area contributed by atoms with E-state index in [-0.39, 0.29) is 5.91 Å². The van der Waals surface area contributed by atoms with Crippen molar-refractivity contribution in [2.75, 3.05) is 5.32 Å². The molecule has 0 aliphatic heterocycles. The SMILES string of the molecule is CCCCCCC1CCC(C2CCC(c3ccc(NC(C)=O)cc3)CC2)CC1. The first-order valence-electron chi connectivity index (χ1n) is 12.0. The Kier molecular flexibility index (Phi) is 8.43. The van der Waals surface area contributed by atoms with Gasteiger partial charge in [0.05, 0.1) is 0 Å². The molecule has 0 radical (unpaired) electrons. The van der Waals surface area contributed by atoms with Gasteiger partial charge in [0.15, 0.2) is 0 Å². The topological polar surface area (TPSA) is 29.1 Å². The van der Waals surface area contributed by atoms with E-state index >= 15 is 0 Å². The minimum Gasteiger partial charge on any atom is -0.326 e. The molecule has 0 spiro atoms. The Labute approximate surface area is 172 Å². The second-order valence-corrected chi connectivity index (χ2v) is 9.55. The molecule has 0 saturated heterocycles. The summed E-state index contributed by atoms with van der Waals surface area (Å²) < 4.78 is 0. The highest BCUT2D eigenvalue weighted by molar-refractivity contribution is 5.88. The molecular formula is C26H41NO. The van der Waals surface area contributed by atoms with Crippen molar-refractivity contribution in [1.82, 2.24) is 0 Å². The van der Waals surface area contributed by atoms with Crippen LogP contribution in [0.2, 0.25) is 0 Å². The van der Waals surface area contributed by atoms with Gasteiger partial charge in [-0.1, -0.05) is 64.0 Å². The monoisotopic (exact) mass is 383 g/mol. The summed E-state index contributed by atoms with van der Waals surface area (Å²) in [6.45, 7) is 3.87. The third-order valence-corrected chi connectivity index (χ3v) is 7.50. The number of benzene rings is 1. The molecule has 0 aromatic heterocycles. The molecule has 1 N–H and O–H groups in total. The average Bonchev–Trinajstić information content (AvgIpc) is 2.72. The van der Waals surface area contributed by atoms with Crippen molar-refractivity contribution in [1.29, 1.82) is 0 Å². The van der Waals surface area contributed by atoms with E-state index in [1.165, 1.54) is 89.0 Å². The van der Waals surface area contributed by atoms with Crippen molar-refractivity contribution >= 4 is 11.6 Å². The van der Waals surface area contributed by atoms with E-state index in [1.54, 1.807) is 6.92 Å². The van der Waals surface area contributed by atoms with Gasteiger partial charge in [0, 0.05) is 12.6 Å². The number of amides is 1. The maximum Gasteiger partial charge on any atom is 0.221 e. The van der Waals surface area contributed by atoms with Gasteiger partial charge in [-0.25, -0.2) is 0 Å². The molecular weight excluding hydrogens is 342 g/mol. The molecule has 1 aromatic rings. The first-order chi connectivity index (χ1) is 13.7.